The highest BCUT2D eigenvalue weighted by molar-refractivity contribution is 9.11. The second kappa shape index (κ2) is 6.46. The van der Waals surface area contributed by atoms with Crippen LogP contribution < -0.4 is 4.74 Å². The van der Waals surface area contributed by atoms with Crippen molar-refractivity contribution in [3.8, 4) is 5.75 Å². The number of esters is 1. The number of benzene rings is 1. The van der Waals surface area contributed by atoms with Gasteiger partial charge in [-0.05, 0) is 53.2 Å². The molecule has 112 valence electrons. The molecule has 0 radical (unpaired) electrons. The Morgan fingerprint density at radius 1 is 1.32 bits per heavy atom. The summed E-state index contributed by atoms with van der Waals surface area (Å²) in [4.78, 5) is 17.2. The van der Waals surface area contributed by atoms with Crippen molar-refractivity contribution in [3.05, 3.63) is 56.3 Å². The van der Waals surface area contributed by atoms with E-state index in [0.29, 0.717) is 17.9 Å². The summed E-state index contributed by atoms with van der Waals surface area (Å²) in [7, 11) is 0. The van der Waals surface area contributed by atoms with Crippen LogP contribution in [0.1, 0.15) is 17.4 Å². The molecule has 3 rings (SSSR count). The maximum Gasteiger partial charge on any atom is 0.363 e. The van der Waals surface area contributed by atoms with Gasteiger partial charge in [0.25, 0.3) is 0 Å². The van der Waals surface area contributed by atoms with Gasteiger partial charge in [-0.2, -0.15) is 0 Å². The SMILES string of the molecule is CCOc1ccccc1C1=N/C(=C\c2ccc(Br)s2)C(=O)O1. The van der Waals surface area contributed by atoms with Gasteiger partial charge in [0.1, 0.15) is 5.75 Å². The third kappa shape index (κ3) is 3.13. The number of hydrogen-bond acceptors (Lipinski definition) is 5. The standard InChI is InChI=1S/C16H12BrNO3S/c1-2-20-13-6-4-3-5-11(13)15-18-12(16(19)21-15)9-10-7-8-14(17)22-10/h3-9H,2H2,1H3/b12-9-. The lowest BCUT2D eigenvalue weighted by atomic mass is 10.2. The van der Waals surface area contributed by atoms with Crippen LogP contribution in [0.4, 0.5) is 0 Å². The largest absolute Gasteiger partial charge is 0.493 e. The molecule has 0 bridgehead atoms. The third-order valence-electron chi connectivity index (χ3n) is 2.91. The molecule has 0 saturated heterocycles. The first-order valence-electron chi connectivity index (χ1n) is 6.67. The highest BCUT2D eigenvalue weighted by atomic mass is 79.9. The number of thiophene rings is 1. The average molecular weight is 378 g/mol. The average Bonchev–Trinajstić information content (AvgIpc) is 3.07. The first kappa shape index (κ1) is 15.0. The van der Waals surface area contributed by atoms with Gasteiger partial charge in [0.05, 0.1) is 16.0 Å². The monoisotopic (exact) mass is 377 g/mol. The summed E-state index contributed by atoms with van der Waals surface area (Å²) in [5.74, 6) is 0.471. The van der Waals surface area contributed by atoms with E-state index in [1.807, 2.05) is 43.3 Å². The number of nitrogens with zero attached hydrogens (tertiary/aromatic N) is 1. The Morgan fingerprint density at radius 2 is 2.14 bits per heavy atom. The van der Waals surface area contributed by atoms with Gasteiger partial charge in [-0.3, -0.25) is 0 Å². The minimum absolute atomic E-state index is 0.274. The lowest BCUT2D eigenvalue weighted by Crippen LogP contribution is -2.07. The normalized spacial score (nSPS) is 15.8. The van der Waals surface area contributed by atoms with Gasteiger partial charge in [0.2, 0.25) is 5.90 Å². The minimum atomic E-state index is -0.453. The predicted octanol–water partition coefficient (Wildman–Crippen LogP) is 4.25. The molecule has 1 aromatic heterocycles. The third-order valence-corrected chi connectivity index (χ3v) is 4.48. The van der Waals surface area contributed by atoms with Crippen molar-refractivity contribution in [1.82, 2.24) is 0 Å². The number of carbonyl (C=O) groups is 1. The molecular weight excluding hydrogens is 366 g/mol. The Morgan fingerprint density at radius 3 is 2.86 bits per heavy atom. The summed E-state index contributed by atoms with van der Waals surface area (Å²) < 4.78 is 11.8. The van der Waals surface area contributed by atoms with Crippen molar-refractivity contribution in [2.24, 2.45) is 4.99 Å². The van der Waals surface area contributed by atoms with E-state index in [9.17, 15) is 4.79 Å². The van der Waals surface area contributed by atoms with E-state index in [4.69, 9.17) is 9.47 Å². The fourth-order valence-corrected chi connectivity index (χ4v) is 3.35. The molecule has 0 spiro atoms. The van der Waals surface area contributed by atoms with Gasteiger partial charge in [-0.15, -0.1) is 11.3 Å². The van der Waals surface area contributed by atoms with E-state index < -0.39 is 5.97 Å². The molecule has 1 aromatic carbocycles. The molecule has 2 aromatic rings. The molecule has 1 aliphatic heterocycles. The van der Waals surface area contributed by atoms with E-state index in [0.717, 1.165) is 8.66 Å². The molecule has 0 aliphatic carbocycles. The summed E-state index contributed by atoms with van der Waals surface area (Å²) >= 11 is 4.92. The minimum Gasteiger partial charge on any atom is -0.493 e. The van der Waals surface area contributed by atoms with E-state index in [1.54, 1.807) is 6.08 Å². The highest BCUT2D eigenvalue weighted by Gasteiger charge is 2.26. The fourth-order valence-electron chi connectivity index (χ4n) is 1.99. The van der Waals surface area contributed by atoms with Gasteiger partial charge < -0.3 is 9.47 Å². The lowest BCUT2D eigenvalue weighted by molar-refractivity contribution is -0.129. The zero-order valence-corrected chi connectivity index (χ0v) is 14.1. The number of para-hydroxylation sites is 1. The van der Waals surface area contributed by atoms with Gasteiger partial charge in [-0.25, -0.2) is 9.79 Å². The number of halogens is 1. The first-order chi connectivity index (χ1) is 10.7. The van der Waals surface area contributed by atoms with Crippen LogP contribution >= 0.6 is 27.3 Å². The Bertz CT molecular complexity index is 779. The Kier molecular flexibility index (Phi) is 4.40. The predicted molar refractivity (Wildman–Crippen MR) is 90.2 cm³/mol. The van der Waals surface area contributed by atoms with Crippen molar-refractivity contribution < 1.29 is 14.3 Å². The van der Waals surface area contributed by atoms with Crippen LogP contribution in [0.2, 0.25) is 0 Å². The second-order valence-electron chi connectivity index (χ2n) is 4.41. The number of hydrogen-bond donors (Lipinski definition) is 0. The van der Waals surface area contributed by atoms with Crippen molar-refractivity contribution >= 4 is 45.2 Å². The van der Waals surface area contributed by atoms with Crippen molar-refractivity contribution in [1.29, 1.82) is 0 Å². The number of cyclic esters (lactones) is 1. The topological polar surface area (TPSA) is 47.9 Å². The number of rotatable bonds is 4. The molecule has 22 heavy (non-hydrogen) atoms. The van der Waals surface area contributed by atoms with Crippen LogP contribution in [-0.2, 0) is 9.53 Å². The number of ether oxygens (including phenoxy) is 2. The maximum atomic E-state index is 12.0. The summed E-state index contributed by atoms with van der Waals surface area (Å²) in [6.07, 6.45) is 1.72. The lowest BCUT2D eigenvalue weighted by Gasteiger charge is -2.08. The van der Waals surface area contributed by atoms with Crippen LogP contribution in [0.3, 0.4) is 0 Å². The van der Waals surface area contributed by atoms with E-state index in [1.165, 1.54) is 11.3 Å². The molecule has 6 heteroatoms. The Labute approximate surface area is 140 Å². The van der Waals surface area contributed by atoms with Crippen molar-refractivity contribution in [2.45, 2.75) is 6.92 Å². The Hall–Kier alpha value is -1.92. The molecule has 0 unspecified atom stereocenters. The number of carbonyl (C=O) groups excluding carboxylic acids is 1. The summed E-state index contributed by atoms with van der Waals surface area (Å²) in [6.45, 7) is 2.43. The van der Waals surface area contributed by atoms with Crippen molar-refractivity contribution in [2.75, 3.05) is 6.61 Å². The molecule has 0 fully saturated rings. The summed E-state index contributed by atoms with van der Waals surface area (Å²) in [5.41, 5.74) is 0.962. The smallest absolute Gasteiger partial charge is 0.363 e. The molecule has 4 nitrogen and oxygen atoms in total. The summed E-state index contributed by atoms with van der Waals surface area (Å²) in [6, 6.07) is 11.2. The fraction of sp³-hybridized carbons (Fsp3) is 0.125. The van der Waals surface area contributed by atoms with E-state index in [-0.39, 0.29) is 11.6 Å². The van der Waals surface area contributed by atoms with Gasteiger partial charge in [0.15, 0.2) is 5.70 Å². The van der Waals surface area contributed by atoms with Crippen LogP contribution in [0.15, 0.2) is 50.9 Å². The van der Waals surface area contributed by atoms with Crippen LogP contribution in [0, 0.1) is 0 Å². The zero-order chi connectivity index (χ0) is 15.5. The van der Waals surface area contributed by atoms with Gasteiger partial charge in [-0.1, -0.05) is 12.1 Å². The second-order valence-corrected chi connectivity index (χ2v) is 6.90. The van der Waals surface area contributed by atoms with Crippen LogP contribution in [-0.4, -0.2) is 18.5 Å². The number of aliphatic imine (C=N–C) groups is 1. The highest BCUT2D eigenvalue weighted by Crippen LogP contribution is 2.28. The zero-order valence-electron chi connectivity index (χ0n) is 11.7. The molecule has 0 saturated carbocycles. The molecule has 1 aliphatic rings. The maximum absolute atomic E-state index is 12.0. The van der Waals surface area contributed by atoms with E-state index >= 15 is 0 Å². The quantitative estimate of drug-likeness (QED) is 0.590. The molecule has 0 atom stereocenters. The van der Waals surface area contributed by atoms with Crippen molar-refractivity contribution in [3.63, 3.8) is 0 Å². The summed E-state index contributed by atoms with van der Waals surface area (Å²) in [5, 5.41) is 0. The molecule has 0 N–H and O–H groups in total. The van der Waals surface area contributed by atoms with Crippen LogP contribution in [0.25, 0.3) is 6.08 Å². The molecule has 2 heterocycles. The van der Waals surface area contributed by atoms with Gasteiger partial charge >= 0.3 is 5.97 Å². The molecule has 0 amide bonds. The molecular formula is C16H12BrNO3S. The Balaban J connectivity index is 1.95. The first-order valence-corrected chi connectivity index (χ1v) is 8.28. The van der Waals surface area contributed by atoms with E-state index in [2.05, 4.69) is 20.9 Å². The van der Waals surface area contributed by atoms with Crippen LogP contribution in [0.5, 0.6) is 5.75 Å². The van der Waals surface area contributed by atoms with Gasteiger partial charge in [0, 0.05) is 4.88 Å².